The van der Waals surface area contributed by atoms with E-state index in [1.54, 1.807) is 6.92 Å². The number of alkyl halides is 2. The molecule has 4 rings (SSSR count). The van der Waals surface area contributed by atoms with Crippen molar-refractivity contribution < 1.29 is 36.3 Å². The number of hydrogen-bond acceptors (Lipinski definition) is 5. The van der Waals surface area contributed by atoms with Gasteiger partial charge < -0.3 is 15.5 Å². The highest BCUT2D eigenvalue weighted by Crippen LogP contribution is 2.51. The molecule has 1 aromatic carbocycles. The molecule has 2 aliphatic rings. The zero-order valence-electron chi connectivity index (χ0n) is 17.7. The highest BCUT2D eigenvalue weighted by molar-refractivity contribution is 6.35. The molecule has 2 aromatic rings. The Bertz CT molecular complexity index is 1110. The molecule has 34 heavy (non-hydrogen) atoms. The number of aromatic amines is 1. The lowest BCUT2D eigenvalue weighted by Crippen LogP contribution is -2.62. The Morgan fingerprint density at radius 3 is 2.32 bits per heavy atom. The Labute approximate surface area is 189 Å². The molecule has 14 heteroatoms. The molecule has 2 fully saturated rings. The first-order chi connectivity index (χ1) is 15.9. The lowest BCUT2D eigenvalue weighted by atomic mass is 9.71. The van der Waals surface area contributed by atoms with E-state index in [0.29, 0.717) is 12.1 Å². The van der Waals surface area contributed by atoms with E-state index in [9.17, 15) is 36.3 Å². The second-order valence-corrected chi connectivity index (χ2v) is 8.64. The third kappa shape index (κ3) is 4.31. The predicted octanol–water partition coefficient (Wildman–Crippen LogP) is 1.70. The number of halogens is 5. The van der Waals surface area contributed by atoms with Crippen LogP contribution in [0.25, 0.3) is 0 Å². The number of hydrogen-bond donors (Lipinski definition) is 3. The molecule has 0 radical (unpaired) electrons. The largest absolute Gasteiger partial charge is 0.336 e. The summed E-state index contributed by atoms with van der Waals surface area (Å²) in [6.45, 7) is 1.44. The highest BCUT2D eigenvalue weighted by atomic mass is 19.3. The molecule has 0 spiro atoms. The van der Waals surface area contributed by atoms with E-state index in [0.717, 1.165) is 4.90 Å². The third-order valence-electron chi connectivity index (χ3n) is 6.06. The van der Waals surface area contributed by atoms with Crippen LogP contribution in [-0.2, 0) is 19.9 Å². The summed E-state index contributed by atoms with van der Waals surface area (Å²) in [6.07, 6.45) is -0.255. The van der Waals surface area contributed by atoms with E-state index in [4.69, 9.17) is 0 Å². The average Bonchev–Trinajstić information content (AvgIpc) is 3.40. The fraction of sp³-hybridized carbons (Fsp3) is 0.450. The molecule has 1 saturated carbocycles. The monoisotopic (exact) mass is 486 g/mol. The maximum absolute atomic E-state index is 13.6. The summed E-state index contributed by atoms with van der Waals surface area (Å²) in [5.41, 5.74) is -1.80. The zero-order chi connectivity index (χ0) is 24.8. The molecule has 3 amide bonds. The van der Waals surface area contributed by atoms with E-state index < -0.39 is 71.3 Å². The summed E-state index contributed by atoms with van der Waals surface area (Å²) in [4.78, 5) is 39.0. The number of benzene rings is 1. The normalized spacial score (nSPS) is 22.7. The van der Waals surface area contributed by atoms with Gasteiger partial charge in [-0.25, -0.2) is 22.0 Å². The van der Waals surface area contributed by atoms with Gasteiger partial charge in [0.15, 0.2) is 17.5 Å². The van der Waals surface area contributed by atoms with Crippen LogP contribution < -0.4 is 10.6 Å². The molecule has 0 bridgehead atoms. The Morgan fingerprint density at radius 2 is 1.76 bits per heavy atom. The summed E-state index contributed by atoms with van der Waals surface area (Å²) >= 11 is 0. The summed E-state index contributed by atoms with van der Waals surface area (Å²) < 4.78 is 67.1. The van der Waals surface area contributed by atoms with E-state index in [-0.39, 0.29) is 24.5 Å². The van der Waals surface area contributed by atoms with E-state index in [2.05, 4.69) is 26.0 Å². The molecule has 1 aromatic heterocycles. The van der Waals surface area contributed by atoms with Gasteiger partial charge in [0.2, 0.25) is 5.91 Å². The third-order valence-corrected chi connectivity index (χ3v) is 6.06. The molecule has 2 heterocycles. The van der Waals surface area contributed by atoms with Crippen molar-refractivity contribution >= 4 is 23.4 Å². The van der Waals surface area contributed by atoms with Crippen molar-refractivity contribution in [3.63, 3.8) is 0 Å². The van der Waals surface area contributed by atoms with Crippen molar-refractivity contribution in [1.29, 1.82) is 0 Å². The first-order valence-corrected chi connectivity index (χ1v) is 10.2. The van der Waals surface area contributed by atoms with Gasteiger partial charge in [0.05, 0.1) is 11.5 Å². The molecule has 0 unspecified atom stereocenters. The number of H-pyrrole nitrogens is 1. The Kier molecular flexibility index (Phi) is 5.77. The number of nitrogens with one attached hydrogen (secondary N) is 3. The first kappa shape index (κ1) is 23.6. The number of likely N-dealkylation sites (tertiary alicyclic amines) is 1. The molecular weight excluding hydrogens is 467 g/mol. The van der Waals surface area contributed by atoms with Crippen molar-refractivity contribution in [2.75, 3.05) is 18.4 Å². The van der Waals surface area contributed by atoms with E-state index >= 15 is 0 Å². The van der Waals surface area contributed by atoms with Crippen LogP contribution in [0.15, 0.2) is 18.3 Å². The minimum Gasteiger partial charge on any atom is -0.336 e. The molecule has 182 valence electrons. The van der Waals surface area contributed by atoms with Crippen LogP contribution in [0.1, 0.15) is 25.5 Å². The molecular formula is C20H19F5N6O3. The molecule has 2 atom stereocenters. The molecule has 1 saturated heterocycles. The summed E-state index contributed by atoms with van der Waals surface area (Å²) in [5.74, 6) is -11.8. The topological polar surface area (TPSA) is 120 Å². The smallest absolute Gasteiger partial charge is 0.311 e. The predicted molar refractivity (Wildman–Crippen MR) is 105 cm³/mol. The van der Waals surface area contributed by atoms with Crippen LogP contribution in [0.4, 0.5) is 27.6 Å². The standard InChI is InChI=1S/C20H19F5N6O3/c1-9-5-31(6-11(9)16(32)27-10-2-12(21)15(23)13(22)3-10)18(34)17(33)28-19(7-20(24,25)8-19)14-4-26-30-29-14/h2-4,9,11H,5-8H2,1H3,(H,27,32)(H,28,33)(H,26,29,30)/t9-,11-/m1/s1. The number of carbonyl (C=O) groups is 3. The highest BCUT2D eigenvalue weighted by Gasteiger charge is 2.60. The minimum atomic E-state index is -3.04. The fourth-order valence-electron chi connectivity index (χ4n) is 4.35. The Hall–Kier alpha value is -3.58. The molecule has 9 nitrogen and oxygen atoms in total. The van der Waals surface area contributed by atoms with Gasteiger partial charge in [-0.1, -0.05) is 12.1 Å². The number of rotatable bonds is 4. The van der Waals surface area contributed by atoms with Crippen LogP contribution in [0, 0.1) is 29.3 Å². The number of amides is 3. The Balaban J connectivity index is 1.41. The van der Waals surface area contributed by atoms with Crippen molar-refractivity contribution in [3.05, 3.63) is 41.5 Å². The van der Waals surface area contributed by atoms with Crippen LogP contribution in [-0.4, -0.2) is 57.0 Å². The number of anilines is 1. The van der Waals surface area contributed by atoms with Gasteiger partial charge in [0, 0.05) is 49.9 Å². The molecule has 1 aliphatic carbocycles. The lowest BCUT2D eigenvalue weighted by Gasteiger charge is -2.46. The maximum atomic E-state index is 13.6. The summed E-state index contributed by atoms with van der Waals surface area (Å²) in [5, 5.41) is 14.1. The lowest BCUT2D eigenvalue weighted by molar-refractivity contribution is -0.159. The fourth-order valence-corrected chi connectivity index (χ4v) is 4.35. The van der Waals surface area contributed by atoms with Crippen molar-refractivity contribution in [2.45, 2.75) is 31.2 Å². The van der Waals surface area contributed by atoms with Crippen molar-refractivity contribution in [1.82, 2.24) is 25.6 Å². The van der Waals surface area contributed by atoms with Crippen molar-refractivity contribution in [2.24, 2.45) is 11.8 Å². The van der Waals surface area contributed by atoms with Crippen LogP contribution >= 0.6 is 0 Å². The number of nitrogens with zero attached hydrogens (tertiary/aromatic N) is 3. The van der Waals surface area contributed by atoms with Gasteiger partial charge in [-0.15, -0.1) is 5.10 Å². The average molecular weight is 486 g/mol. The zero-order valence-corrected chi connectivity index (χ0v) is 17.7. The van der Waals surface area contributed by atoms with Crippen molar-refractivity contribution in [3.8, 4) is 0 Å². The van der Waals surface area contributed by atoms with Crippen LogP contribution in [0.3, 0.4) is 0 Å². The quantitative estimate of drug-likeness (QED) is 0.345. The second kappa shape index (κ2) is 8.33. The maximum Gasteiger partial charge on any atom is 0.311 e. The SMILES string of the molecule is C[C@@H]1CN(C(=O)C(=O)NC2(c3c[nH]nn3)CC(F)(F)C2)C[C@H]1C(=O)Nc1cc(F)c(F)c(F)c1. The van der Waals surface area contributed by atoms with Crippen LogP contribution in [0.2, 0.25) is 0 Å². The van der Waals surface area contributed by atoms with Crippen LogP contribution in [0.5, 0.6) is 0 Å². The second-order valence-electron chi connectivity index (χ2n) is 8.64. The Morgan fingerprint density at radius 1 is 1.12 bits per heavy atom. The number of aromatic nitrogens is 3. The van der Waals surface area contributed by atoms with Gasteiger partial charge in [0.1, 0.15) is 5.69 Å². The van der Waals surface area contributed by atoms with Gasteiger partial charge in [-0.2, -0.15) is 0 Å². The minimum absolute atomic E-state index is 0.00357. The molecule has 3 N–H and O–H groups in total. The van der Waals surface area contributed by atoms with E-state index in [1.165, 1.54) is 6.20 Å². The number of carbonyl (C=O) groups excluding carboxylic acids is 3. The first-order valence-electron chi connectivity index (χ1n) is 10.2. The van der Waals surface area contributed by atoms with Gasteiger partial charge >= 0.3 is 11.8 Å². The van der Waals surface area contributed by atoms with E-state index in [1.807, 2.05) is 0 Å². The summed E-state index contributed by atoms with van der Waals surface area (Å²) in [7, 11) is 0. The molecule has 1 aliphatic heterocycles. The van der Waals surface area contributed by atoms with Gasteiger partial charge in [0.25, 0.3) is 5.92 Å². The van der Waals surface area contributed by atoms with Gasteiger partial charge in [-0.3, -0.25) is 19.5 Å². The van der Waals surface area contributed by atoms with Gasteiger partial charge in [-0.05, 0) is 5.92 Å². The summed E-state index contributed by atoms with van der Waals surface area (Å²) in [6, 6.07) is 1.23.